The van der Waals surface area contributed by atoms with Crippen molar-refractivity contribution in [1.82, 2.24) is 15.1 Å². The fourth-order valence-corrected chi connectivity index (χ4v) is 8.02. The number of carbonyl (C=O) groups excluding carboxylic acids is 2. The van der Waals surface area contributed by atoms with Crippen LogP contribution in [0.15, 0.2) is 24.3 Å². The van der Waals surface area contributed by atoms with Crippen LogP contribution < -0.4 is 10.2 Å². The molecule has 0 aromatic heterocycles. The van der Waals surface area contributed by atoms with E-state index in [-0.39, 0.29) is 29.5 Å². The highest BCUT2D eigenvalue weighted by Gasteiger charge is 2.58. The lowest BCUT2D eigenvalue weighted by Crippen LogP contribution is -2.61. The molecule has 8 heteroatoms. The Labute approximate surface area is 212 Å². The van der Waals surface area contributed by atoms with Gasteiger partial charge in [0.1, 0.15) is 0 Å². The van der Waals surface area contributed by atoms with E-state index >= 15 is 0 Å². The fourth-order valence-electron chi connectivity index (χ4n) is 7.89. The number of piperazine rings is 1. The Morgan fingerprint density at radius 1 is 0.943 bits per heavy atom. The van der Waals surface area contributed by atoms with Gasteiger partial charge >= 0.3 is 6.03 Å². The molecule has 0 spiro atoms. The lowest BCUT2D eigenvalue weighted by molar-refractivity contribution is -0.163. The number of piperidine rings is 1. The minimum Gasteiger partial charge on any atom is -0.393 e. The Kier molecular flexibility index (Phi) is 6.12. The van der Waals surface area contributed by atoms with E-state index in [0.717, 1.165) is 75.3 Å². The third kappa shape index (κ3) is 4.39. The molecule has 4 aliphatic carbocycles. The molecule has 2 heterocycles. The molecule has 4 saturated carbocycles. The molecule has 2 aliphatic heterocycles. The Morgan fingerprint density at radius 2 is 1.63 bits per heavy atom. The van der Waals surface area contributed by atoms with Crippen molar-refractivity contribution in [3.8, 4) is 0 Å². The fraction of sp³-hybridized carbons (Fsp3) is 0.704. The average molecular weight is 501 g/mol. The zero-order valence-corrected chi connectivity index (χ0v) is 21.1. The molecule has 1 aromatic rings. The largest absolute Gasteiger partial charge is 0.393 e. The number of anilines is 1. The van der Waals surface area contributed by atoms with Crippen LogP contribution in [0.5, 0.6) is 0 Å². The highest BCUT2D eigenvalue weighted by atomic mass is 35.5. The monoisotopic (exact) mass is 500 g/mol. The van der Waals surface area contributed by atoms with Crippen LogP contribution in [-0.4, -0.2) is 78.3 Å². The van der Waals surface area contributed by atoms with Crippen LogP contribution >= 0.6 is 11.6 Å². The maximum atomic E-state index is 13.5. The van der Waals surface area contributed by atoms with Crippen LogP contribution in [0.1, 0.15) is 44.9 Å². The van der Waals surface area contributed by atoms with Gasteiger partial charge < -0.3 is 25.1 Å². The minimum absolute atomic E-state index is 0.0217. The molecule has 2 N–H and O–H groups in total. The van der Waals surface area contributed by atoms with Crippen molar-refractivity contribution >= 4 is 29.2 Å². The molecule has 3 unspecified atom stereocenters. The summed E-state index contributed by atoms with van der Waals surface area (Å²) in [5.41, 5.74) is 0.847. The molecule has 4 bridgehead atoms. The van der Waals surface area contributed by atoms with E-state index in [2.05, 4.69) is 10.2 Å². The minimum atomic E-state index is -0.292. The predicted molar refractivity (Wildman–Crippen MR) is 135 cm³/mol. The molecule has 3 atom stereocenters. The molecular weight excluding hydrogens is 464 g/mol. The van der Waals surface area contributed by atoms with Crippen molar-refractivity contribution in [3.05, 3.63) is 29.3 Å². The number of rotatable bonds is 3. The first-order valence-electron chi connectivity index (χ1n) is 13.4. The summed E-state index contributed by atoms with van der Waals surface area (Å²) in [5, 5.41) is 14.7. The van der Waals surface area contributed by atoms with Gasteiger partial charge in [-0.15, -0.1) is 0 Å². The number of aliphatic hydroxyl groups is 1. The third-order valence-electron chi connectivity index (χ3n) is 9.47. The number of hydrogen-bond donors (Lipinski definition) is 2. The second-order valence-corrected chi connectivity index (χ2v) is 12.2. The summed E-state index contributed by atoms with van der Waals surface area (Å²) in [6.45, 7) is 4.36. The van der Waals surface area contributed by atoms with E-state index in [1.165, 1.54) is 0 Å². The van der Waals surface area contributed by atoms with Crippen LogP contribution in [0.25, 0.3) is 0 Å². The average Bonchev–Trinajstić information content (AvgIpc) is 2.87. The number of carbonyl (C=O) groups is 2. The Bertz CT molecular complexity index is 948. The Morgan fingerprint density at radius 3 is 2.31 bits per heavy atom. The summed E-state index contributed by atoms with van der Waals surface area (Å²) in [7, 11) is 0. The number of halogens is 1. The number of aliphatic hydroxyl groups excluding tert-OH is 1. The molecule has 6 aliphatic rings. The number of benzene rings is 1. The van der Waals surface area contributed by atoms with Crippen molar-refractivity contribution in [3.63, 3.8) is 0 Å². The summed E-state index contributed by atoms with van der Waals surface area (Å²) in [5.74, 6) is 1.36. The van der Waals surface area contributed by atoms with Crippen molar-refractivity contribution < 1.29 is 14.7 Å². The summed E-state index contributed by atoms with van der Waals surface area (Å²) < 4.78 is 0. The van der Waals surface area contributed by atoms with Gasteiger partial charge in [0.2, 0.25) is 5.91 Å². The van der Waals surface area contributed by atoms with E-state index in [1.54, 1.807) is 0 Å². The zero-order chi connectivity index (χ0) is 24.2. The Hall–Kier alpha value is -1.99. The van der Waals surface area contributed by atoms with Gasteiger partial charge in [0, 0.05) is 56.0 Å². The number of hydrogen-bond acceptors (Lipinski definition) is 4. The van der Waals surface area contributed by atoms with Crippen LogP contribution in [0.3, 0.4) is 0 Å². The summed E-state index contributed by atoms with van der Waals surface area (Å²) in [6, 6.07) is 7.99. The third-order valence-corrected chi connectivity index (χ3v) is 9.73. The van der Waals surface area contributed by atoms with E-state index in [4.69, 9.17) is 11.6 Å². The van der Waals surface area contributed by atoms with Gasteiger partial charge in [-0.1, -0.05) is 11.6 Å². The quantitative estimate of drug-likeness (QED) is 0.667. The first kappa shape index (κ1) is 23.4. The van der Waals surface area contributed by atoms with Crippen LogP contribution in [0.2, 0.25) is 5.02 Å². The molecule has 35 heavy (non-hydrogen) atoms. The van der Waals surface area contributed by atoms with Crippen molar-refractivity contribution in [1.29, 1.82) is 0 Å². The molecule has 7 rings (SSSR count). The number of likely N-dealkylation sites (tertiary alicyclic amines) is 1. The lowest BCUT2D eigenvalue weighted by atomic mass is 9.48. The van der Waals surface area contributed by atoms with E-state index < -0.39 is 0 Å². The smallest absolute Gasteiger partial charge is 0.320 e. The van der Waals surface area contributed by atoms with E-state index in [9.17, 15) is 14.7 Å². The molecule has 6 fully saturated rings. The number of nitrogens with one attached hydrogen (secondary N) is 1. The molecule has 190 valence electrons. The molecule has 1 aromatic carbocycles. The van der Waals surface area contributed by atoms with Crippen LogP contribution in [0, 0.1) is 23.2 Å². The lowest BCUT2D eigenvalue weighted by Gasteiger charge is -2.58. The van der Waals surface area contributed by atoms with Gasteiger partial charge in [0.25, 0.3) is 0 Å². The van der Waals surface area contributed by atoms with E-state index in [0.29, 0.717) is 37.4 Å². The molecule has 0 radical (unpaired) electrons. The zero-order valence-electron chi connectivity index (χ0n) is 20.4. The second-order valence-electron chi connectivity index (χ2n) is 11.7. The van der Waals surface area contributed by atoms with Gasteiger partial charge in [-0.25, -0.2) is 4.79 Å². The standard InChI is InChI=1S/C27H37ClN4O3/c28-21-3-5-23(6-4-21)30-8-10-31(11-9-30)26(35)32-7-1-2-22(17-32)29-25(34)27-14-18-12-19(15-27)24(33)20(13-18)16-27/h3-6,18-20,22,24,33H,1-2,7-17H2,(H,29,34). The number of amides is 3. The van der Waals surface area contributed by atoms with Crippen molar-refractivity contribution in [2.75, 3.05) is 44.2 Å². The van der Waals surface area contributed by atoms with Crippen LogP contribution in [0.4, 0.5) is 10.5 Å². The molecule has 2 saturated heterocycles. The highest BCUT2D eigenvalue weighted by Crippen LogP contribution is 2.60. The maximum Gasteiger partial charge on any atom is 0.320 e. The van der Waals surface area contributed by atoms with Gasteiger partial charge in [-0.3, -0.25) is 4.79 Å². The second kappa shape index (κ2) is 9.15. The maximum absolute atomic E-state index is 13.5. The van der Waals surface area contributed by atoms with E-state index in [1.807, 2.05) is 34.1 Å². The normalized spacial score (nSPS) is 36.4. The Balaban J connectivity index is 1.03. The predicted octanol–water partition coefficient (Wildman–Crippen LogP) is 3.35. The SMILES string of the molecule is O=C(N1CCN(c2ccc(Cl)cc2)CC1)N1CCCC(NC(=O)C23CC4CC(C2)C(O)C(C4)C3)C1. The van der Waals surface area contributed by atoms with Gasteiger partial charge in [0.05, 0.1) is 11.5 Å². The van der Waals surface area contributed by atoms with Crippen molar-refractivity contribution in [2.24, 2.45) is 23.2 Å². The van der Waals surface area contributed by atoms with Crippen LogP contribution in [-0.2, 0) is 4.79 Å². The van der Waals surface area contributed by atoms with Gasteiger partial charge in [0.15, 0.2) is 0 Å². The van der Waals surface area contributed by atoms with Gasteiger partial charge in [-0.05, 0) is 87.0 Å². The van der Waals surface area contributed by atoms with Gasteiger partial charge in [-0.2, -0.15) is 0 Å². The summed E-state index contributed by atoms with van der Waals surface area (Å²) in [6.07, 6.45) is 6.45. The number of urea groups is 1. The summed E-state index contributed by atoms with van der Waals surface area (Å²) >= 11 is 6.01. The topological polar surface area (TPSA) is 76.1 Å². The first-order chi connectivity index (χ1) is 16.9. The molecular formula is C27H37ClN4O3. The first-order valence-corrected chi connectivity index (χ1v) is 13.8. The van der Waals surface area contributed by atoms with Crippen molar-refractivity contribution in [2.45, 2.75) is 57.1 Å². The highest BCUT2D eigenvalue weighted by molar-refractivity contribution is 6.30. The number of nitrogens with zero attached hydrogens (tertiary/aromatic N) is 3. The summed E-state index contributed by atoms with van der Waals surface area (Å²) in [4.78, 5) is 33.0. The molecule has 3 amide bonds. The molecule has 7 nitrogen and oxygen atoms in total.